The normalized spacial score (nSPS) is 11.3. The molecule has 20 heavy (non-hydrogen) atoms. The number of aliphatic hydroxyl groups excluding tert-OH is 1. The van der Waals surface area contributed by atoms with Crippen molar-refractivity contribution in [2.75, 3.05) is 11.9 Å². The fraction of sp³-hybridized carbons (Fsp3) is 0.533. The number of nitrogens with one attached hydrogen (secondary N) is 2. The molecule has 2 amide bonds. The third kappa shape index (κ3) is 5.09. The van der Waals surface area contributed by atoms with Gasteiger partial charge < -0.3 is 20.5 Å². The van der Waals surface area contributed by atoms with Gasteiger partial charge in [0, 0.05) is 5.69 Å². The van der Waals surface area contributed by atoms with Gasteiger partial charge in [0.25, 0.3) is 0 Å². The maximum Gasteiger partial charge on any atom is 0.319 e. The molecule has 0 bridgehead atoms. The Morgan fingerprint density at radius 2 is 2.05 bits per heavy atom. The monoisotopic (exact) mass is 280 g/mol. The quantitative estimate of drug-likeness (QED) is 0.776. The molecule has 0 fully saturated rings. The van der Waals surface area contributed by atoms with E-state index < -0.39 is 5.54 Å². The van der Waals surface area contributed by atoms with Gasteiger partial charge in [-0.3, -0.25) is 0 Å². The van der Waals surface area contributed by atoms with Crippen molar-refractivity contribution in [1.29, 1.82) is 0 Å². The lowest BCUT2D eigenvalue weighted by molar-refractivity contribution is 0.187. The van der Waals surface area contributed by atoms with Gasteiger partial charge >= 0.3 is 6.03 Å². The number of benzene rings is 1. The highest BCUT2D eigenvalue weighted by Gasteiger charge is 2.19. The summed E-state index contributed by atoms with van der Waals surface area (Å²) < 4.78 is 5.64. The number of hydrogen-bond acceptors (Lipinski definition) is 3. The predicted molar refractivity (Wildman–Crippen MR) is 80.3 cm³/mol. The van der Waals surface area contributed by atoms with Gasteiger partial charge in [-0.25, -0.2) is 4.79 Å². The Hall–Kier alpha value is -1.75. The molecule has 5 nitrogen and oxygen atoms in total. The van der Waals surface area contributed by atoms with Gasteiger partial charge in [0.05, 0.1) is 18.2 Å². The minimum Gasteiger partial charge on any atom is -0.491 e. The summed E-state index contributed by atoms with van der Waals surface area (Å²) in [6, 6.07) is 5.13. The summed E-state index contributed by atoms with van der Waals surface area (Å²) in [7, 11) is 0. The number of carbonyl (C=O) groups excluding carboxylic acids is 1. The average Bonchev–Trinajstić information content (AvgIpc) is 2.31. The predicted octanol–water partition coefficient (Wildman–Crippen LogP) is 2.67. The van der Waals surface area contributed by atoms with Crippen molar-refractivity contribution in [2.45, 2.75) is 46.3 Å². The lowest BCUT2D eigenvalue weighted by Gasteiger charge is -2.23. The van der Waals surface area contributed by atoms with Crippen molar-refractivity contribution < 1.29 is 14.6 Å². The zero-order valence-corrected chi connectivity index (χ0v) is 12.8. The zero-order valence-electron chi connectivity index (χ0n) is 12.8. The number of anilines is 1. The molecule has 1 aromatic rings. The van der Waals surface area contributed by atoms with Crippen LogP contribution in [0.3, 0.4) is 0 Å². The Labute approximate surface area is 120 Å². The number of rotatable bonds is 5. The molecule has 0 aliphatic rings. The number of urea groups is 1. The van der Waals surface area contributed by atoms with Crippen LogP contribution in [0.15, 0.2) is 18.2 Å². The van der Waals surface area contributed by atoms with Crippen LogP contribution in [0.4, 0.5) is 10.5 Å². The second-order valence-corrected chi connectivity index (χ2v) is 5.77. The van der Waals surface area contributed by atoms with Gasteiger partial charge in [-0.2, -0.15) is 0 Å². The van der Waals surface area contributed by atoms with Crippen LogP contribution in [0, 0.1) is 6.92 Å². The van der Waals surface area contributed by atoms with Gasteiger partial charge in [-0.1, -0.05) is 0 Å². The lowest BCUT2D eigenvalue weighted by atomic mass is 10.1. The van der Waals surface area contributed by atoms with E-state index in [1.165, 1.54) is 0 Å². The van der Waals surface area contributed by atoms with E-state index in [0.29, 0.717) is 5.69 Å². The van der Waals surface area contributed by atoms with Crippen LogP contribution in [-0.2, 0) is 0 Å². The van der Waals surface area contributed by atoms with E-state index in [1.54, 1.807) is 19.9 Å². The first-order chi connectivity index (χ1) is 9.23. The molecule has 1 rings (SSSR count). The fourth-order valence-electron chi connectivity index (χ4n) is 1.62. The highest BCUT2D eigenvalue weighted by molar-refractivity contribution is 5.89. The van der Waals surface area contributed by atoms with Crippen molar-refractivity contribution in [3.63, 3.8) is 0 Å². The van der Waals surface area contributed by atoms with Gasteiger partial charge in [0.1, 0.15) is 5.75 Å². The van der Waals surface area contributed by atoms with Gasteiger partial charge in [0.15, 0.2) is 0 Å². The third-order valence-corrected chi connectivity index (χ3v) is 2.64. The molecule has 0 aliphatic heterocycles. The Morgan fingerprint density at radius 1 is 1.40 bits per heavy atom. The molecule has 0 atom stereocenters. The summed E-state index contributed by atoms with van der Waals surface area (Å²) in [6.07, 6.45) is 0.112. The Kier molecular flexibility index (Phi) is 5.39. The number of aliphatic hydroxyl groups is 1. The van der Waals surface area contributed by atoms with Gasteiger partial charge in [0.2, 0.25) is 0 Å². The SMILES string of the molecule is Cc1cc(NC(=O)NC(C)(C)CO)ccc1OC(C)C. The van der Waals surface area contributed by atoms with Crippen LogP contribution < -0.4 is 15.4 Å². The van der Waals surface area contributed by atoms with Crippen LogP contribution in [-0.4, -0.2) is 29.4 Å². The molecule has 0 radical (unpaired) electrons. The fourth-order valence-corrected chi connectivity index (χ4v) is 1.62. The van der Waals surface area contributed by atoms with Crippen molar-refractivity contribution in [2.24, 2.45) is 0 Å². The summed E-state index contributed by atoms with van der Waals surface area (Å²) in [4.78, 5) is 11.8. The molecule has 1 aromatic carbocycles. The number of aryl methyl sites for hydroxylation is 1. The molecule has 0 saturated carbocycles. The molecule has 0 spiro atoms. The molecule has 0 heterocycles. The molecule has 0 unspecified atom stereocenters. The minimum atomic E-state index is -0.653. The number of carbonyl (C=O) groups is 1. The molecule has 0 saturated heterocycles. The average molecular weight is 280 g/mol. The number of amides is 2. The lowest BCUT2D eigenvalue weighted by Crippen LogP contribution is -2.48. The van der Waals surface area contributed by atoms with Crippen LogP contribution in [0.25, 0.3) is 0 Å². The van der Waals surface area contributed by atoms with E-state index in [4.69, 9.17) is 9.84 Å². The Balaban J connectivity index is 2.70. The Bertz CT molecular complexity index is 470. The summed E-state index contributed by atoms with van der Waals surface area (Å²) in [5.74, 6) is 0.807. The highest BCUT2D eigenvalue weighted by atomic mass is 16.5. The van der Waals surface area contributed by atoms with Crippen molar-refractivity contribution >= 4 is 11.7 Å². The third-order valence-electron chi connectivity index (χ3n) is 2.64. The molecular formula is C15H24N2O3. The first kappa shape index (κ1) is 16.3. The van der Waals surface area contributed by atoms with Gasteiger partial charge in [-0.15, -0.1) is 0 Å². The molecule has 112 valence electrons. The topological polar surface area (TPSA) is 70.6 Å². The largest absolute Gasteiger partial charge is 0.491 e. The first-order valence-corrected chi connectivity index (χ1v) is 6.71. The van der Waals surface area contributed by atoms with Crippen molar-refractivity contribution in [3.05, 3.63) is 23.8 Å². The smallest absolute Gasteiger partial charge is 0.319 e. The summed E-state index contributed by atoms with van der Waals surface area (Å²) >= 11 is 0. The van der Waals surface area contributed by atoms with E-state index >= 15 is 0 Å². The maximum absolute atomic E-state index is 11.8. The summed E-state index contributed by atoms with van der Waals surface area (Å²) in [5, 5.41) is 14.5. The van der Waals surface area contributed by atoms with Crippen molar-refractivity contribution in [1.82, 2.24) is 5.32 Å². The van der Waals surface area contributed by atoms with Crippen molar-refractivity contribution in [3.8, 4) is 5.75 Å². The molecule has 5 heteroatoms. The van der Waals surface area contributed by atoms with E-state index in [2.05, 4.69) is 10.6 Å². The van der Waals surface area contributed by atoms with Crippen LogP contribution in [0.1, 0.15) is 33.3 Å². The number of hydrogen-bond donors (Lipinski definition) is 3. The Morgan fingerprint density at radius 3 is 2.55 bits per heavy atom. The van der Waals surface area contributed by atoms with E-state index in [0.717, 1.165) is 11.3 Å². The maximum atomic E-state index is 11.8. The van der Waals surface area contributed by atoms with E-state index in [-0.39, 0.29) is 18.7 Å². The molecule has 0 aliphatic carbocycles. The van der Waals surface area contributed by atoms with Crippen LogP contribution in [0.5, 0.6) is 5.75 Å². The van der Waals surface area contributed by atoms with Gasteiger partial charge in [-0.05, 0) is 58.4 Å². The first-order valence-electron chi connectivity index (χ1n) is 6.71. The zero-order chi connectivity index (χ0) is 15.3. The molecule has 0 aromatic heterocycles. The van der Waals surface area contributed by atoms with E-state index in [9.17, 15) is 4.79 Å². The summed E-state index contributed by atoms with van der Waals surface area (Å²) in [5.41, 5.74) is 0.988. The molecule has 3 N–H and O–H groups in total. The van der Waals surface area contributed by atoms with Crippen LogP contribution in [0.2, 0.25) is 0 Å². The standard InChI is InChI=1S/C15H24N2O3/c1-10(2)20-13-7-6-12(8-11(13)3)16-14(19)17-15(4,5)9-18/h6-8,10,18H,9H2,1-5H3,(H2,16,17,19). The van der Waals surface area contributed by atoms with Crippen LogP contribution >= 0.6 is 0 Å². The molecular weight excluding hydrogens is 256 g/mol. The highest BCUT2D eigenvalue weighted by Crippen LogP contribution is 2.23. The minimum absolute atomic E-state index is 0.112. The summed E-state index contributed by atoms with van der Waals surface area (Å²) in [6.45, 7) is 9.24. The van der Waals surface area contributed by atoms with E-state index in [1.807, 2.05) is 32.9 Å². The number of ether oxygens (including phenoxy) is 1. The second-order valence-electron chi connectivity index (χ2n) is 5.77. The second kappa shape index (κ2) is 6.61.